The van der Waals surface area contributed by atoms with Crippen molar-refractivity contribution in [2.24, 2.45) is 5.41 Å². The van der Waals surface area contributed by atoms with Crippen LogP contribution in [0.4, 0.5) is 4.79 Å². The molecule has 8 heteroatoms. The number of aromatic nitrogens is 2. The molecule has 0 saturated carbocycles. The lowest BCUT2D eigenvalue weighted by Gasteiger charge is -2.24. The van der Waals surface area contributed by atoms with Crippen molar-refractivity contribution in [2.45, 2.75) is 39.7 Å². The highest BCUT2D eigenvalue weighted by atomic mass is 16.5. The minimum absolute atomic E-state index is 0.167. The average Bonchev–Trinajstić information content (AvgIpc) is 3.04. The molecule has 1 unspecified atom stereocenters. The Bertz CT molecular complexity index is 530. The molecule has 0 aliphatic carbocycles. The van der Waals surface area contributed by atoms with Crippen LogP contribution in [0.25, 0.3) is 0 Å². The van der Waals surface area contributed by atoms with Gasteiger partial charge < -0.3 is 19.8 Å². The number of carbonyl (C=O) groups excluding carboxylic acids is 1. The summed E-state index contributed by atoms with van der Waals surface area (Å²) in [5.41, 5.74) is -0.811. The molecule has 0 bridgehead atoms. The van der Waals surface area contributed by atoms with Gasteiger partial charge in [-0.25, -0.2) is 4.79 Å². The van der Waals surface area contributed by atoms with E-state index in [1.165, 1.54) is 4.90 Å². The van der Waals surface area contributed by atoms with E-state index in [2.05, 4.69) is 15.5 Å². The first-order valence-electron chi connectivity index (χ1n) is 7.02. The van der Waals surface area contributed by atoms with Crippen LogP contribution in [-0.4, -0.2) is 45.2 Å². The summed E-state index contributed by atoms with van der Waals surface area (Å²) in [7, 11) is 0. The van der Waals surface area contributed by atoms with E-state index in [-0.39, 0.29) is 19.1 Å². The van der Waals surface area contributed by atoms with Gasteiger partial charge in [0, 0.05) is 20.0 Å². The molecule has 1 aromatic rings. The predicted octanol–water partition coefficient (Wildman–Crippen LogP) is 1.16. The molecule has 1 aromatic heterocycles. The Labute approximate surface area is 122 Å². The van der Waals surface area contributed by atoms with Crippen molar-refractivity contribution in [3.05, 3.63) is 11.7 Å². The van der Waals surface area contributed by atoms with Gasteiger partial charge in [-0.15, -0.1) is 0 Å². The Morgan fingerprint density at radius 3 is 2.86 bits per heavy atom. The van der Waals surface area contributed by atoms with Crippen LogP contribution in [0.5, 0.6) is 0 Å². The molecule has 2 N–H and O–H groups in total. The van der Waals surface area contributed by atoms with Gasteiger partial charge >= 0.3 is 12.0 Å². The van der Waals surface area contributed by atoms with Crippen LogP contribution in [-0.2, 0) is 11.3 Å². The third-order valence-corrected chi connectivity index (χ3v) is 3.79. The summed E-state index contributed by atoms with van der Waals surface area (Å²) in [6, 6.07) is -0.295. The Balaban J connectivity index is 1.91. The van der Waals surface area contributed by atoms with Crippen LogP contribution in [0.2, 0.25) is 0 Å². The van der Waals surface area contributed by atoms with Gasteiger partial charge in [-0.3, -0.25) is 4.79 Å². The van der Waals surface area contributed by atoms with E-state index >= 15 is 0 Å². The van der Waals surface area contributed by atoms with E-state index in [9.17, 15) is 14.7 Å². The molecular weight excluding hydrogens is 276 g/mol. The topological polar surface area (TPSA) is 109 Å². The summed E-state index contributed by atoms with van der Waals surface area (Å²) >= 11 is 0. The fraction of sp³-hybridized carbons (Fsp3) is 0.692. The molecule has 0 aromatic carbocycles. The van der Waals surface area contributed by atoms with Crippen LogP contribution in [0.15, 0.2) is 4.52 Å². The molecule has 116 valence electrons. The van der Waals surface area contributed by atoms with Crippen molar-refractivity contribution in [2.75, 3.05) is 13.1 Å². The molecule has 1 saturated heterocycles. The number of aliphatic carboxylic acids is 1. The number of carbonyl (C=O) groups is 2. The van der Waals surface area contributed by atoms with Crippen LogP contribution < -0.4 is 5.32 Å². The summed E-state index contributed by atoms with van der Waals surface area (Å²) in [5, 5.41) is 15.8. The summed E-state index contributed by atoms with van der Waals surface area (Å²) in [5.74, 6) is 0.0137. The zero-order chi connectivity index (χ0) is 15.5. The molecule has 1 aliphatic heterocycles. The smallest absolute Gasteiger partial charge is 0.317 e. The van der Waals surface area contributed by atoms with Gasteiger partial charge in [0.05, 0.1) is 12.0 Å². The molecule has 2 amide bonds. The van der Waals surface area contributed by atoms with Crippen LogP contribution in [0.1, 0.15) is 37.9 Å². The number of aryl methyl sites for hydroxylation is 1. The van der Waals surface area contributed by atoms with Crippen molar-refractivity contribution < 1.29 is 19.2 Å². The van der Waals surface area contributed by atoms with Crippen molar-refractivity contribution in [1.82, 2.24) is 20.4 Å². The maximum atomic E-state index is 12.1. The van der Waals surface area contributed by atoms with Crippen LogP contribution in [0.3, 0.4) is 0 Å². The third-order valence-electron chi connectivity index (χ3n) is 3.79. The second kappa shape index (κ2) is 6.11. The molecule has 0 radical (unpaired) electrons. The fourth-order valence-corrected chi connectivity index (χ4v) is 2.69. The van der Waals surface area contributed by atoms with E-state index in [1.54, 1.807) is 6.92 Å². The molecule has 0 spiro atoms. The summed E-state index contributed by atoms with van der Waals surface area (Å²) in [6.45, 7) is 4.48. The Morgan fingerprint density at radius 2 is 2.29 bits per heavy atom. The predicted molar refractivity (Wildman–Crippen MR) is 72.4 cm³/mol. The lowest BCUT2D eigenvalue weighted by molar-refractivity contribution is -0.148. The van der Waals surface area contributed by atoms with Crippen LogP contribution in [0, 0.1) is 12.3 Å². The number of amides is 2. The number of carboxylic acids is 1. The number of hydrogen-bond acceptors (Lipinski definition) is 5. The van der Waals surface area contributed by atoms with Gasteiger partial charge in [0.25, 0.3) is 0 Å². The van der Waals surface area contributed by atoms with Gasteiger partial charge in [0.2, 0.25) is 5.89 Å². The van der Waals surface area contributed by atoms with Crippen molar-refractivity contribution in [3.63, 3.8) is 0 Å². The minimum atomic E-state index is -0.826. The summed E-state index contributed by atoms with van der Waals surface area (Å²) in [6.07, 6.45) is 1.85. The molecule has 1 aliphatic rings. The summed E-state index contributed by atoms with van der Waals surface area (Å²) < 4.78 is 4.82. The van der Waals surface area contributed by atoms with E-state index in [0.29, 0.717) is 31.1 Å². The van der Waals surface area contributed by atoms with Gasteiger partial charge in [-0.05, 0) is 12.8 Å². The van der Waals surface area contributed by atoms with E-state index in [4.69, 9.17) is 4.52 Å². The Kier molecular flexibility index (Phi) is 4.44. The number of rotatable bonds is 5. The van der Waals surface area contributed by atoms with E-state index in [0.717, 1.165) is 6.42 Å². The van der Waals surface area contributed by atoms with Gasteiger partial charge in [0.1, 0.15) is 0 Å². The maximum Gasteiger partial charge on any atom is 0.317 e. The van der Waals surface area contributed by atoms with Gasteiger partial charge in [0.15, 0.2) is 5.82 Å². The highest BCUT2D eigenvalue weighted by Crippen LogP contribution is 2.35. The quantitative estimate of drug-likeness (QED) is 0.844. The molecular formula is C13H20N4O4. The standard InChI is InChI=1S/C13H20N4O4/c1-3-4-13(11(18)19)5-6-17(8-13)12(20)14-7-10-15-9(2)21-16-10/h3-8H2,1-2H3,(H,14,20)(H,18,19). The van der Waals surface area contributed by atoms with E-state index < -0.39 is 11.4 Å². The monoisotopic (exact) mass is 296 g/mol. The molecule has 2 heterocycles. The fourth-order valence-electron chi connectivity index (χ4n) is 2.69. The number of hydrogen-bond donors (Lipinski definition) is 2. The van der Waals surface area contributed by atoms with Crippen molar-refractivity contribution >= 4 is 12.0 Å². The van der Waals surface area contributed by atoms with Crippen molar-refractivity contribution in [3.8, 4) is 0 Å². The second-order valence-corrected chi connectivity index (χ2v) is 5.40. The second-order valence-electron chi connectivity index (χ2n) is 5.40. The first-order chi connectivity index (χ1) is 9.97. The first kappa shape index (κ1) is 15.3. The Hall–Kier alpha value is -2.12. The maximum absolute atomic E-state index is 12.1. The Morgan fingerprint density at radius 1 is 1.52 bits per heavy atom. The van der Waals surface area contributed by atoms with Crippen molar-refractivity contribution in [1.29, 1.82) is 0 Å². The zero-order valence-electron chi connectivity index (χ0n) is 12.3. The minimum Gasteiger partial charge on any atom is -0.481 e. The molecule has 1 fully saturated rings. The number of nitrogens with zero attached hydrogens (tertiary/aromatic N) is 3. The zero-order valence-corrected chi connectivity index (χ0v) is 12.3. The highest BCUT2D eigenvalue weighted by Gasteiger charge is 2.45. The average molecular weight is 296 g/mol. The number of likely N-dealkylation sites (tertiary alicyclic amines) is 1. The summed E-state index contributed by atoms with van der Waals surface area (Å²) in [4.78, 5) is 29.1. The third kappa shape index (κ3) is 3.32. The number of nitrogens with one attached hydrogen (secondary N) is 1. The first-order valence-corrected chi connectivity index (χ1v) is 7.02. The molecule has 21 heavy (non-hydrogen) atoms. The van der Waals surface area contributed by atoms with Crippen LogP contribution >= 0.6 is 0 Å². The highest BCUT2D eigenvalue weighted by molar-refractivity contribution is 5.79. The lowest BCUT2D eigenvalue weighted by atomic mass is 9.83. The van der Waals surface area contributed by atoms with E-state index in [1.807, 2.05) is 6.92 Å². The number of carboxylic acid groups (broad SMARTS) is 1. The van der Waals surface area contributed by atoms with Gasteiger partial charge in [-0.1, -0.05) is 18.5 Å². The number of urea groups is 1. The largest absolute Gasteiger partial charge is 0.481 e. The molecule has 1 atom stereocenters. The lowest BCUT2D eigenvalue weighted by Crippen LogP contribution is -2.41. The molecule has 2 rings (SSSR count). The normalized spacial score (nSPS) is 21.5. The molecule has 8 nitrogen and oxygen atoms in total. The van der Waals surface area contributed by atoms with Gasteiger partial charge in [-0.2, -0.15) is 4.98 Å². The SMILES string of the molecule is CCCC1(C(=O)O)CCN(C(=O)NCc2noc(C)n2)C1.